The summed E-state index contributed by atoms with van der Waals surface area (Å²) >= 11 is 0. The molecule has 0 amide bonds. The van der Waals surface area contributed by atoms with E-state index >= 15 is 0 Å². The van der Waals surface area contributed by atoms with Crippen molar-refractivity contribution in [2.24, 2.45) is 4.99 Å². The topological polar surface area (TPSA) is 12.4 Å². The summed E-state index contributed by atoms with van der Waals surface area (Å²) in [6, 6.07) is 2.55. The van der Waals surface area contributed by atoms with Gasteiger partial charge < -0.3 is 4.99 Å². The molecule has 0 heterocycles. The smallest absolute Gasteiger partial charge is 0 e. The molecule has 0 saturated carbocycles. The van der Waals surface area contributed by atoms with E-state index in [4.69, 9.17) is 0 Å². The van der Waals surface area contributed by atoms with E-state index in [1.807, 2.05) is 20.8 Å². The van der Waals surface area contributed by atoms with Crippen LogP contribution in [0.2, 0.25) is 0 Å². The first-order chi connectivity index (χ1) is 5.16. The van der Waals surface area contributed by atoms with Gasteiger partial charge in [-0.2, -0.15) is 5.92 Å². The van der Waals surface area contributed by atoms with Crippen molar-refractivity contribution in [3.63, 3.8) is 0 Å². The fourth-order valence-corrected chi connectivity index (χ4v) is 0.571. The van der Waals surface area contributed by atoms with Crippen LogP contribution in [-0.2, 0) is 32.7 Å². The summed E-state index contributed by atoms with van der Waals surface area (Å²) in [4.78, 5) is 3.72. The Morgan fingerprint density at radius 3 is 2.25 bits per heavy atom. The average molecular weight is 235 g/mol. The molecule has 0 N–H and O–H groups in total. The zero-order chi connectivity index (χ0) is 8.69. The number of rotatable bonds is 1. The van der Waals surface area contributed by atoms with Gasteiger partial charge in [0.1, 0.15) is 0 Å². The molecule has 0 aromatic heterocycles. The van der Waals surface area contributed by atoms with Crippen molar-refractivity contribution in [2.75, 3.05) is 0 Å². The maximum atomic E-state index is 3.72. The van der Waals surface area contributed by atoms with Crippen LogP contribution in [0.3, 0.4) is 0 Å². The molecule has 0 aromatic carbocycles. The second-order valence-corrected chi connectivity index (χ2v) is 2.34. The molecule has 0 fully saturated rings. The van der Waals surface area contributed by atoms with Crippen LogP contribution in [0.4, 0.5) is 0 Å². The average Bonchev–Trinajstić information content (AvgIpc) is 1.86. The molecule has 0 rings (SSSR count). The van der Waals surface area contributed by atoms with E-state index in [2.05, 4.69) is 28.9 Å². The van der Waals surface area contributed by atoms with Gasteiger partial charge in [0.25, 0.3) is 0 Å². The van der Waals surface area contributed by atoms with E-state index in [0.717, 1.165) is 11.1 Å². The molecule has 61 valence electrons. The molecule has 0 aliphatic carbocycles. The van der Waals surface area contributed by atoms with Crippen LogP contribution in [0, 0.1) is 12.0 Å². The molecular weight excluding hydrogens is 223 g/mol. The van der Waals surface area contributed by atoms with Crippen molar-refractivity contribution in [2.45, 2.75) is 27.7 Å². The Hall–Kier alpha value is -0.146. The standard InChI is InChI=1S/C10H12N.Y/c1-5-6-11-8-10(4)7-9(2)3;/h1-4H3;/q-1;. The summed E-state index contributed by atoms with van der Waals surface area (Å²) in [5, 5.41) is 0. The summed E-state index contributed by atoms with van der Waals surface area (Å²) in [6.07, 6.45) is 2.75. The molecule has 0 aromatic rings. The van der Waals surface area contributed by atoms with Crippen LogP contribution in [0.15, 0.2) is 21.9 Å². The third-order valence-electron chi connectivity index (χ3n) is 0.829. The fraction of sp³-hybridized carbons (Fsp3) is 0.400. The van der Waals surface area contributed by atoms with E-state index < -0.39 is 0 Å². The van der Waals surface area contributed by atoms with Crippen LogP contribution in [-0.4, -0.2) is 6.21 Å². The molecule has 12 heavy (non-hydrogen) atoms. The van der Waals surface area contributed by atoms with Crippen molar-refractivity contribution < 1.29 is 32.7 Å². The zero-order valence-electron chi connectivity index (χ0n) is 8.02. The Morgan fingerprint density at radius 1 is 1.25 bits per heavy atom. The minimum atomic E-state index is 0. The van der Waals surface area contributed by atoms with Crippen molar-refractivity contribution in [1.82, 2.24) is 0 Å². The predicted molar refractivity (Wildman–Crippen MR) is 48.4 cm³/mol. The van der Waals surface area contributed by atoms with Gasteiger partial charge in [0, 0.05) is 32.7 Å². The number of allylic oxidation sites excluding steroid dienone is 1. The second-order valence-electron chi connectivity index (χ2n) is 2.34. The molecular formula is C10H12NY-. The van der Waals surface area contributed by atoms with Crippen LogP contribution >= 0.6 is 0 Å². The van der Waals surface area contributed by atoms with E-state index in [-0.39, 0.29) is 32.7 Å². The minimum absolute atomic E-state index is 0. The van der Waals surface area contributed by atoms with Crippen molar-refractivity contribution in [3.05, 3.63) is 16.9 Å². The summed E-state index contributed by atoms with van der Waals surface area (Å²) < 4.78 is 0. The number of nitrogens with zero attached hydrogens (tertiary/aromatic N) is 1. The first-order valence-corrected chi connectivity index (χ1v) is 3.45. The number of aliphatic imine (C=N–C) groups is 1. The molecule has 0 unspecified atom stereocenters. The number of hydrogen-bond acceptors (Lipinski definition) is 1. The molecule has 1 radical (unpaired) electrons. The van der Waals surface area contributed by atoms with E-state index in [9.17, 15) is 0 Å². The van der Waals surface area contributed by atoms with Gasteiger partial charge in [-0.1, -0.05) is 13.1 Å². The first kappa shape index (κ1) is 14.4. The Balaban J connectivity index is 0. The maximum Gasteiger partial charge on any atom is 0 e. The first-order valence-electron chi connectivity index (χ1n) is 3.45. The Bertz CT molecular complexity index is 266. The summed E-state index contributed by atoms with van der Waals surface area (Å²) in [5.41, 5.74) is 5.06. The molecule has 0 spiro atoms. The van der Waals surface area contributed by atoms with E-state index in [1.54, 1.807) is 6.92 Å². The Kier molecular flexibility index (Phi) is 10.7. The van der Waals surface area contributed by atoms with Gasteiger partial charge >= 0.3 is 0 Å². The van der Waals surface area contributed by atoms with Crippen LogP contribution < -0.4 is 0 Å². The molecule has 2 heteroatoms. The number of hydrogen-bond donors (Lipinski definition) is 0. The monoisotopic (exact) mass is 235 g/mol. The SMILES string of the molecule is CC#CN=[C-]C(C)=C=C(C)C.[Y]. The van der Waals surface area contributed by atoms with Gasteiger partial charge in [0.05, 0.1) is 0 Å². The molecule has 0 saturated heterocycles. The summed E-state index contributed by atoms with van der Waals surface area (Å²) in [7, 11) is 0. The van der Waals surface area contributed by atoms with Gasteiger partial charge in [-0.25, -0.2) is 0 Å². The van der Waals surface area contributed by atoms with Gasteiger partial charge in [0.2, 0.25) is 0 Å². The van der Waals surface area contributed by atoms with E-state index in [0.29, 0.717) is 0 Å². The largest absolute Gasteiger partial charge is 0.347 e. The van der Waals surface area contributed by atoms with Crippen LogP contribution in [0.25, 0.3) is 0 Å². The second kappa shape index (κ2) is 8.95. The van der Waals surface area contributed by atoms with Crippen LogP contribution in [0.1, 0.15) is 27.7 Å². The van der Waals surface area contributed by atoms with Gasteiger partial charge in [-0.3, -0.25) is 5.73 Å². The predicted octanol–water partition coefficient (Wildman–Crippen LogP) is 2.42. The van der Waals surface area contributed by atoms with Gasteiger partial charge in [0.15, 0.2) is 0 Å². The Morgan fingerprint density at radius 2 is 1.83 bits per heavy atom. The molecule has 0 aliphatic heterocycles. The summed E-state index contributed by atoms with van der Waals surface area (Å²) in [6.45, 7) is 7.60. The van der Waals surface area contributed by atoms with Gasteiger partial charge in [-0.15, -0.1) is 17.2 Å². The van der Waals surface area contributed by atoms with E-state index in [1.165, 1.54) is 0 Å². The van der Waals surface area contributed by atoms with Gasteiger partial charge in [-0.05, 0) is 20.8 Å². The Labute approximate surface area is 99.9 Å². The normalized spacial score (nSPS) is 7.67. The van der Waals surface area contributed by atoms with Crippen molar-refractivity contribution in [1.29, 1.82) is 0 Å². The third kappa shape index (κ3) is 9.85. The quantitative estimate of drug-likeness (QED) is 0.286. The zero-order valence-corrected chi connectivity index (χ0v) is 10.9. The van der Waals surface area contributed by atoms with Crippen LogP contribution in [0.5, 0.6) is 0 Å². The minimum Gasteiger partial charge on any atom is -0.347 e. The molecule has 0 atom stereocenters. The molecule has 0 aliphatic rings. The fourth-order valence-electron chi connectivity index (χ4n) is 0.571. The maximum absolute atomic E-state index is 3.72. The molecule has 0 bridgehead atoms. The third-order valence-corrected chi connectivity index (χ3v) is 0.829. The van der Waals surface area contributed by atoms with Crippen molar-refractivity contribution >= 4 is 6.21 Å². The van der Waals surface area contributed by atoms with Crippen molar-refractivity contribution in [3.8, 4) is 12.0 Å². The summed E-state index contributed by atoms with van der Waals surface area (Å²) in [5.74, 6) is 2.65. The molecule has 1 nitrogen and oxygen atoms in total.